The van der Waals surface area contributed by atoms with Gasteiger partial charge in [-0.3, -0.25) is 4.21 Å². The highest BCUT2D eigenvalue weighted by Gasteiger charge is 2.24. The summed E-state index contributed by atoms with van der Waals surface area (Å²) in [6.07, 6.45) is 1.77. The van der Waals surface area contributed by atoms with E-state index in [4.69, 9.17) is 12.6 Å². The Balaban J connectivity index is 2.47. The van der Waals surface area contributed by atoms with Crippen LogP contribution >= 0.6 is 0 Å². The molecule has 1 aliphatic heterocycles. The predicted molar refractivity (Wildman–Crippen MR) is 49.8 cm³/mol. The van der Waals surface area contributed by atoms with Crippen molar-refractivity contribution in [1.29, 1.82) is 0 Å². The van der Waals surface area contributed by atoms with E-state index < -0.39 is 17.3 Å². The summed E-state index contributed by atoms with van der Waals surface area (Å²) in [5, 5.41) is 0. The van der Waals surface area contributed by atoms with Gasteiger partial charge in [0.05, 0.1) is 6.10 Å². The summed E-state index contributed by atoms with van der Waals surface area (Å²) in [5.41, 5.74) is 0. The van der Waals surface area contributed by atoms with Crippen LogP contribution in [0.1, 0.15) is 19.8 Å². The van der Waals surface area contributed by atoms with Crippen LogP contribution in [0.15, 0.2) is 0 Å². The smallest absolute Gasteiger partial charge is 0.110 e. The topological polar surface area (TPSA) is 52.6 Å². The Bertz CT molecular complexity index is 193. The molecule has 0 aromatic rings. The van der Waals surface area contributed by atoms with Crippen molar-refractivity contribution in [2.75, 3.05) is 13.1 Å². The van der Waals surface area contributed by atoms with E-state index in [1.54, 1.807) is 0 Å². The molecule has 0 N–H and O–H groups in total. The zero-order valence-corrected chi connectivity index (χ0v) is 8.46. The van der Waals surface area contributed by atoms with Gasteiger partial charge in [-0.15, -0.1) is 0 Å². The number of hydrogen-bond donors (Lipinski definition) is 0. The molecule has 1 rings (SSSR count). The number of nitrogens with zero attached hydrogens (tertiary/aromatic N) is 1. The SMILES string of the molecule is [B]C1CN(S(=O)[O-])CC(CCC)O1. The largest absolute Gasteiger partial charge is 0.760 e. The highest BCUT2D eigenvalue weighted by atomic mass is 32.2. The molecule has 1 aliphatic rings. The molecule has 3 unspecified atom stereocenters. The lowest BCUT2D eigenvalue weighted by molar-refractivity contribution is -0.0286. The standard InChI is InChI=1S/C7H14BNO3S/c1-2-3-6-4-9(13(10)11)5-7(8)12-6/h6-7H,2-5H2,1H3,(H,10,11)/p-1. The average molecular weight is 202 g/mol. The summed E-state index contributed by atoms with van der Waals surface area (Å²) in [6, 6.07) is -0.483. The predicted octanol–water partition coefficient (Wildman–Crippen LogP) is -0.224. The molecule has 0 aliphatic carbocycles. The molecule has 1 saturated heterocycles. The van der Waals surface area contributed by atoms with Gasteiger partial charge >= 0.3 is 0 Å². The summed E-state index contributed by atoms with van der Waals surface area (Å²) in [5.74, 6) is 0. The van der Waals surface area contributed by atoms with E-state index in [1.807, 2.05) is 6.92 Å². The van der Waals surface area contributed by atoms with Gasteiger partial charge in [-0.1, -0.05) is 13.3 Å². The minimum absolute atomic E-state index is 0.0494. The van der Waals surface area contributed by atoms with Crippen LogP contribution in [0.25, 0.3) is 0 Å². The van der Waals surface area contributed by atoms with E-state index in [1.165, 1.54) is 4.31 Å². The maximum Gasteiger partial charge on any atom is 0.110 e. The minimum atomic E-state index is -2.17. The lowest BCUT2D eigenvalue weighted by atomic mass is 9.98. The van der Waals surface area contributed by atoms with Gasteiger partial charge < -0.3 is 9.29 Å². The molecule has 0 amide bonds. The molecule has 4 nitrogen and oxygen atoms in total. The van der Waals surface area contributed by atoms with Crippen LogP contribution in [0.5, 0.6) is 0 Å². The fourth-order valence-corrected chi connectivity index (χ4v) is 2.00. The third-order valence-electron chi connectivity index (χ3n) is 1.98. The quantitative estimate of drug-likeness (QED) is 0.469. The van der Waals surface area contributed by atoms with Crippen LogP contribution in [0, 0.1) is 0 Å². The maximum atomic E-state index is 10.7. The zero-order valence-electron chi connectivity index (χ0n) is 7.64. The third kappa shape index (κ3) is 3.38. The maximum absolute atomic E-state index is 10.7. The van der Waals surface area contributed by atoms with Crippen LogP contribution < -0.4 is 0 Å². The summed E-state index contributed by atoms with van der Waals surface area (Å²) < 4.78 is 28.0. The summed E-state index contributed by atoms with van der Waals surface area (Å²) in [7, 11) is 5.55. The molecule has 0 bridgehead atoms. The molecular formula is C7H13BNO3S-. The van der Waals surface area contributed by atoms with Crippen molar-refractivity contribution in [2.24, 2.45) is 0 Å². The zero-order chi connectivity index (χ0) is 9.84. The Morgan fingerprint density at radius 1 is 1.69 bits per heavy atom. The molecule has 0 aromatic carbocycles. The van der Waals surface area contributed by atoms with E-state index in [9.17, 15) is 8.76 Å². The number of morpholine rings is 1. The first-order valence-corrected chi connectivity index (χ1v) is 5.42. The molecule has 0 saturated carbocycles. The Labute approximate surface area is 82.5 Å². The van der Waals surface area contributed by atoms with E-state index in [0.29, 0.717) is 6.54 Å². The van der Waals surface area contributed by atoms with Gasteiger partial charge in [-0.25, -0.2) is 4.31 Å². The summed E-state index contributed by atoms with van der Waals surface area (Å²) >= 11 is -2.17. The first kappa shape index (κ1) is 11.2. The minimum Gasteiger partial charge on any atom is -0.760 e. The molecule has 3 atom stereocenters. The second-order valence-electron chi connectivity index (χ2n) is 3.15. The van der Waals surface area contributed by atoms with Gasteiger partial charge in [0.25, 0.3) is 0 Å². The Kier molecular flexibility index (Phi) is 4.38. The monoisotopic (exact) mass is 202 g/mol. The summed E-state index contributed by atoms with van der Waals surface area (Å²) in [4.78, 5) is 0. The highest BCUT2D eigenvalue weighted by molar-refractivity contribution is 7.76. The van der Waals surface area contributed by atoms with Gasteiger partial charge in [0, 0.05) is 30.4 Å². The van der Waals surface area contributed by atoms with Gasteiger partial charge in [0.1, 0.15) is 7.85 Å². The van der Waals surface area contributed by atoms with Crippen LogP contribution in [0.2, 0.25) is 0 Å². The average Bonchev–Trinajstić information content (AvgIpc) is 2.03. The first-order chi connectivity index (χ1) is 6.13. The molecule has 0 aromatic heterocycles. The fourth-order valence-electron chi connectivity index (χ4n) is 1.44. The number of rotatable bonds is 3. The van der Waals surface area contributed by atoms with Crippen molar-refractivity contribution in [3.05, 3.63) is 0 Å². The van der Waals surface area contributed by atoms with Crippen molar-refractivity contribution in [3.8, 4) is 0 Å². The lowest BCUT2D eigenvalue weighted by Gasteiger charge is -2.37. The molecule has 74 valence electrons. The van der Waals surface area contributed by atoms with E-state index in [0.717, 1.165) is 12.8 Å². The third-order valence-corrected chi connectivity index (χ3v) is 2.70. The molecule has 0 spiro atoms. The van der Waals surface area contributed by atoms with E-state index in [-0.39, 0.29) is 12.6 Å². The van der Waals surface area contributed by atoms with Gasteiger partial charge in [-0.05, 0) is 6.42 Å². The van der Waals surface area contributed by atoms with E-state index >= 15 is 0 Å². The highest BCUT2D eigenvalue weighted by Crippen LogP contribution is 2.14. The number of ether oxygens (including phenoxy) is 1. The molecular weight excluding hydrogens is 189 g/mol. The van der Waals surface area contributed by atoms with Crippen LogP contribution in [0.3, 0.4) is 0 Å². The molecule has 1 heterocycles. The van der Waals surface area contributed by atoms with Crippen LogP contribution in [0.4, 0.5) is 0 Å². The van der Waals surface area contributed by atoms with Crippen LogP contribution in [-0.2, 0) is 16.0 Å². The number of hydrogen-bond acceptors (Lipinski definition) is 3. The van der Waals surface area contributed by atoms with Gasteiger partial charge in [0.2, 0.25) is 0 Å². The van der Waals surface area contributed by atoms with Crippen molar-refractivity contribution >= 4 is 19.1 Å². The molecule has 13 heavy (non-hydrogen) atoms. The molecule has 6 heteroatoms. The second-order valence-corrected chi connectivity index (χ2v) is 4.10. The van der Waals surface area contributed by atoms with Crippen molar-refractivity contribution in [3.63, 3.8) is 0 Å². The molecule has 2 radical (unpaired) electrons. The fraction of sp³-hybridized carbons (Fsp3) is 1.00. The van der Waals surface area contributed by atoms with E-state index in [2.05, 4.69) is 0 Å². The van der Waals surface area contributed by atoms with Crippen LogP contribution in [-0.4, -0.2) is 46.1 Å². The Hall–Kier alpha value is 0.0949. The van der Waals surface area contributed by atoms with Crippen molar-refractivity contribution < 1.29 is 13.5 Å². The normalized spacial score (nSPS) is 33.1. The first-order valence-electron chi connectivity index (χ1n) is 4.38. The summed E-state index contributed by atoms with van der Waals surface area (Å²) in [6.45, 7) is 2.72. The second kappa shape index (κ2) is 5.09. The van der Waals surface area contributed by atoms with Crippen molar-refractivity contribution in [1.82, 2.24) is 4.31 Å². The lowest BCUT2D eigenvalue weighted by Crippen LogP contribution is -2.48. The Morgan fingerprint density at radius 2 is 2.38 bits per heavy atom. The van der Waals surface area contributed by atoms with Gasteiger partial charge in [-0.2, -0.15) is 0 Å². The van der Waals surface area contributed by atoms with Gasteiger partial charge in [0.15, 0.2) is 0 Å². The Morgan fingerprint density at radius 3 is 2.92 bits per heavy atom. The van der Waals surface area contributed by atoms with Crippen molar-refractivity contribution in [2.45, 2.75) is 31.9 Å². The molecule has 1 fully saturated rings.